The molecule has 150 valence electrons. The van der Waals surface area contributed by atoms with Crippen LogP contribution in [0.1, 0.15) is 43.2 Å². The molecule has 0 amide bonds. The van der Waals surface area contributed by atoms with Gasteiger partial charge in [0.1, 0.15) is 0 Å². The molecule has 0 unspecified atom stereocenters. The Labute approximate surface area is 177 Å². The molecule has 3 rings (SSSR count). The van der Waals surface area contributed by atoms with Crippen LogP contribution in [-0.4, -0.2) is 31.6 Å². The molecule has 2 nitrogen and oxygen atoms in total. The molecule has 1 aliphatic rings. The quantitative estimate of drug-likeness (QED) is 0.612. The molecule has 1 N–H and O–H groups in total. The van der Waals surface area contributed by atoms with Gasteiger partial charge in [0.15, 0.2) is 0 Å². The lowest BCUT2D eigenvalue weighted by Gasteiger charge is -2.45. The summed E-state index contributed by atoms with van der Waals surface area (Å²) in [6.45, 7) is 1.12. The summed E-state index contributed by atoms with van der Waals surface area (Å²) < 4.78 is 0. The van der Waals surface area contributed by atoms with Crippen molar-refractivity contribution in [3.8, 4) is 0 Å². The van der Waals surface area contributed by atoms with E-state index in [2.05, 4.69) is 85.0 Å². The Morgan fingerprint density at radius 2 is 1.44 bits per heavy atom. The van der Waals surface area contributed by atoms with Gasteiger partial charge in [0.05, 0.1) is 0 Å². The predicted molar refractivity (Wildman–Crippen MR) is 121 cm³/mol. The predicted octanol–water partition coefficient (Wildman–Crippen LogP) is 5.45. The average Bonchev–Trinajstić information content (AvgIpc) is 2.67. The van der Waals surface area contributed by atoms with Crippen molar-refractivity contribution >= 4 is 24.8 Å². The van der Waals surface area contributed by atoms with Crippen LogP contribution in [0.25, 0.3) is 0 Å². The Hall–Kier alpha value is -1.06. The fraction of sp³-hybridized carbons (Fsp3) is 0.478. The normalized spacial score (nSPS) is 22.0. The van der Waals surface area contributed by atoms with Gasteiger partial charge in [-0.25, -0.2) is 0 Å². The van der Waals surface area contributed by atoms with Crippen molar-refractivity contribution in [2.24, 2.45) is 0 Å². The molecule has 0 heterocycles. The third-order valence-corrected chi connectivity index (χ3v) is 5.90. The average molecular weight is 409 g/mol. The molecule has 1 saturated carbocycles. The van der Waals surface area contributed by atoms with Gasteiger partial charge < -0.3 is 5.32 Å². The number of halogens is 2. The van der Waals surface area contributed by atoms with Crippen molar-refractivity contribution in [3.63, 3.8) is 0 Å². The molecule has 27 heavy (non-hydrogen) atoms. The zero-order valence-corrected chi connectivity index (χ0v) is 18.2. The first kappa shape index (κ1) is 24.0. The van der Waals surface area contributed by atoms with Crippen molar-refractivity contribution in [3.05, 3.63) is 71.8 Å². The Balaban J connectivity index is 0.00000182. The van der Waals surface area contributed by atoms with Gasteiger partial charge in [0, 0.05) is 11.6 Å². The summed E-state index contributed by atoms with van der Waals surface area (Å²) >= 11 is 0. The fourth-order valence-electron chi connectivity index (χ4n) is 4.29. The Kier molecular flexibility index (Phi) is 10.4. The monoisotopic (exact) mass is 408 g/mol. The zero-order chi connectivity index (χ0) is 17.5. The maximum absolute atomic E-state index is 3.80. The van der Waals surface area contributed by atoms with Crippen LogP contribution in [-0.2, 0) is 12.0 Å². The molecule has 0 aromatic heterocycles. The number of hydrogen-bond donors (Lipinski definition) is 1. The molecule has 2 aromatic carbocycles. The summed E-state index contributed by atoms with van der Waals surface area (Å²) in [5.74, 6) is 0. The van der Waals surface area contributed by atoms with E-state index in [0.29, 0.717) is 6.04 Å². The summed E-state index contributed by atoms with van der Waals surface area (Å²) in [6.07, 6.45) is 7.39. The number of aryl methyl sites for hydroxylation is 1. The van der Waals surface area contributed by atoms with E-state index in [4.69, 9.17) is 0 Å². The number of nitrogens with one attached hydrogen (secondary N) is 1. The van der Waals surface area contributed by atoms with Crippen molar-refractivity contribution in [1.82, 2.24) is 10.2 Å². The minimum atomic E-state index is 0. The molecule has 1 aliphatic carbocycles. The van der Waals surface area contributed by atoms with E-state index in [-0.39, 0.29) is 30.4 Å². The first-order chi connectivity index (χ1) is 12.2. The van der Waals surface area contributed by atoms with Crippen LogP contribution in [0.5, 0.6) is 0 Å². The van der Waals surface area contributed by atoms with Gasteiger partial charge in [-0.1, -0.05) is 60.7 Å². The zero-order valence-electron chi connectivity index (χ0n) is 16.6. The first-order valence-corrected chi connectivity index (χ1v) is 9.71. The number of nitrogens with zero attached hydrogens (tertiary/aromatic N) is 1. The van der Waals surface area contributed by atoms with Gasteiger partial charge in [0.2, 0.25) is 0 Å². The second kappa shape index (κ2) is 11.7. The van der Waals surface area contributed by atoms with Crippen molar-refractivity contribution in [1.29, 1.82) is 0 Å². The Morgan fingerprint density at radius 1 is 0.889 bits per heavy atom. The van der Waals surface area contributed by atoms with Gasteiger partial charge in [-0.15, -0.1) is 24.8 Å². The van der Waals surface area contributed by atoms with Gasteiger partial charge in [-0.05, 0) is 70.3 Å². The van der Waals surface area contributed by atoms with Crippen LogP contribution in [0, 0.1) is 0 Å². The van der Waals surface area contributed by atoms with Crippen LogP contribution >= 0.6 is 24.8 Å². The highest BCUT2D eigenvalue weighted by Gasteiger charge is 2.38. The highest BCUT2D eigenvalue weighted by Crippen LogP contribution is 2.40. The highest BCUT2D eigenvalue weighted by atomic mass is 35.5. The van der Waals surface area contributed by atoms with E-state index in [1.54, 1.807) is 0 Å². The maximum atomic E-state index is 3.80. The molecule has 2 aromatic rings. The van der Waals surface area contributed by atoms with Crippen LogP contribution in [0.15, 0.2) is 60.7 Å². The van der Waals surface area contributed by atoms with Gasteiger partial charge in [0.25, 0.3) is 0 Å². The second-order valence-corrected chi connectivity index (χ2v) is 7.61. The lowest BCUT2D eigenvalue weighted by Crippen LogP contribution is -2.47. The number of hydrogen-bond acceptors (Lipinski definition) is 2. The molecule has 0 aliphatic heterocycles. The highest BCUT2D eigenvalue weighted by molar-refractivity contribution is 5.85. The molecular weight excluding hydrogens is 375 g/mol. The lowest BCUT2D eigenvalue weighted by atomic mass is 9.74. The fourth-order valence-corrected chi connectivity index (χ4v) is 4.29. The van der Waals surface area contributed by atoms with Crippen molar-refractivity contribution in [2.75, 3.05) is 20.6 Å². The summed E-state index contributed by atoms with van der Waals surface area (Å²) in [5, 5.41) is 3.80. The van der Waals surface area contributed by atoms with E-state index in [1.807, 2.05) is 0 Å². The topological polar surface area (TPSA) is 15.3 Å². The van der Waals surface area contributed by atoms with Crippen LogP contribution in [0.2, 0.25) is 0 Å². The first-order valence-electron chi connectivity index (χ1n) is 9.71. The smallest absolute Gasteiger partial charge is 0.0455 e. The SMILES string of the molecule is CN(C)C1(c2ccccc2)CCC(NCCCc2ccccc2)CC1.Cl.Cl. The number of benzene rings is 2. The summed E-state index contributed by atoms with van der Waals surface area (Å²) in [4.78, 5) is 2.44. The Bertz CT molecular complexity index is 623. The Morgan fingerprint density at radius 3 is 2.00 bits per heavy atom. The molecule has 4 heteroatoms. The van der Waals surface area contributed by atoms with Crippen molar-refractivity contribution in [2.45, 2.75) is 50.1 Å². The van der Waals surface area contributed by atoms with Gasteiger partial charge >= 0.3 is 0 Å². The summed E-state index contributed by atoms with van der Waals surface area (Å²) in [5.41, 5.74) is 3.13. The molecule has 0 atom stereocenters. The van der Waals surface area contributed by atoms with Gasteiger partial charge in [-0.2, -0.15) is 0 Å². The second-order valence-electron chi connectivity index (χ2n) is 7.61. The standard InChI is InChI=1S/C23H32N2.2ClH/c1-25(2)23(21-13-7-4-8-14-21)17-15-22(16-18-23)24-19-9-12-20-10-5-3-6-11-20;;/h3-8,10-11,13-14,22,24H,9,12,15-19H2,1-2H3;2*1H. The minimum absolute atomic E-state index is 0. The largest absolute Gasteiger partial charge is 0.314 e. The molecular formula is C23H34Cl2N2. The van der Waals surface area contributed by atoms with Crippen LogP contribution in [0.3, 0.4) is 0 Å². The lowest BCUT2D eigenvalue weighted by molar-refractivity contribution is 0.0856. The number of rotatable bonds is 7. The third kappa shape index (κ3) is 6.22. The molecule has 0 saturated heterocycles. The maximum Gasteiger partial charge on any atom is 0.0455 e. The molecule has 0 spiro atoms. The molecule has 1 fully saturated rings. The van der Waals surface area contributed by atoms with E-state index < -0.39 is 0 Å². The minimum Gasteiger partial charge on any atom is -0.314 e. The van der Waals surface area contributed by atoms with E-state index in [0.717, 1.165) is 6.54 Å². The third-order valence-electron chi connectivity index (χ3n) is 5.90. The molecule has 0 radical (unpaired) electrons. The van der Waals surface area contributed by atoms with E-state index in [9.17, 15) is 0 Å². The van der Waals surface area contributed by atoms with E-state index in [1.165, 1.54) is 49.7 Å². The van der Waals surface area contributed by atoms with Crippen LogP contribution in [0.4, 0.5) is 0 Å². The summed E-state index contributed by atoms with van der Waals surface area (Å²) in [6, 6.07) is 22.6. The summed E-state index contributed by atoms with van der Waals surface area (Å²) in [7, 11) is 4.47. The van der Waals surface area contributed by atoms with Crippen LogP contribution < -0.4 is 5.32 Å². The van der Waals surface area contributed by atoms with Crippen molar-refractivity contribution < 1.29 is 0 Å². The molecule has 0 bridgehead atoms. The van der Waals surface area contributed by atoms with E-state index >= 15 is 0 Å². The van der Waals surface area contributed by atoms with Gasteiger partial charge in [-0.3, -0.25) is 4.90 Å².